The first-order valence-electron chi connectivity index (χ1n) is 3.51. The molecule has 0 rings (SSSR count). The molecule has 0 heterocycles. The van der Waals surface area contributed by atoms with Gasteiger partial charge in [0.1, 0.15) is 12.1 Å². The van der Waals surface area contributed by atoms with Gasteiger partial charge in [-0.05, 0) is 20.8 Å². The number of rotatable bonds is 3. The van der Waals surface area contributed by atoms with Crippen LogP contribution in [0.5, 0.6) is 0 Å². The van der Waals surface area contributed by atoms with Crippen molar-refractivity contribution in [1.82, 2.24) is 4.72 Å². The molecule has 0 aromatic carbocycles. The predicted octanol–water partition coefficient (Wildman–Crippen LogP) is 0.401. The quantitative estimate of drug-likeness (QED) is 0.562. The summed E-state index contributed by atoms with van der Waals surface area (Å²) >= 11 is 0. The molecular formula is C6H12ClNO4S. The van der Waals surface area contributed by atoms with Gasteiger partial charge in [0.05, 0.1) is 0 Å². The van der Waals surface area contributed by atoms with Gasteiger partial charge in [-0.15, -0.1) is 0 Å². The molecule has 7 heteroatoms. The Balaban J connectivity index is 3.92. The lowest BCUT2D eigenvalue weighted by Crippen LogP contribution is -2.32. The van der Waals surface area contributed by atoms with Crippen LogP contribution in [0, 0.1) is 0 Å². The fourth-order valence-corrected chi connectivity index (χ4v) is 0.977. The van der Waals surface area contributed by atoms with Crippen LogP contribution < -0.4 is 4.72 Å². The van der Waals surface area contributed by atoms with E-state index in [1.54, 1.807) is 20.8 Å². The monoisotopic (exact) mass is 229 g/mol. The zero-order valence-electron chi connectivity index (χ0n) is 7.63. The molecule has 78 valence electrons. The number of nitrogens with one attached hydrogen (secondary N) is 1. The van der Waals surface area contributed by atoms with E-state index >= 15 is 0 Å². The van der Waals surface area contributed by atoms with E-state index in [1.807, 2.05) is 4.72 Å². The highest BCUT2D eigenvalue weighted by Gasteiger charge is 2.17. The normalized spacial score (nSPS) is 12.6. The second kappa shape index (κ2) is 4.26. The second-order valence-electron chi connectivity index (χ2n) is 3.35. The number of ether oxygens (including phenoxy) is 1. The molecule has 0 aromatic rings. The Morgan fingerprint density at radius 1 is 1.46 bits per heavy atom. The van der Waals surface area contributed by atoms with Crippen LogP contribution in [0.2, 0.25) is 0 Å². The minimum atomic E-state index is -3.85. The van der Waals surface area contributed by atoms with Gasteiger partial charge in [-0.25, -0.2) is 0 Å². The lowest BCUT2D eigenvalue weighted by Gasteiger charge is -2.19. The molecule has 0 saturated heterocycles. The van der Waals surface area contributed by atoms with E-state index in [1.165, 1.54) is 0 Å². The summed E-state index contributed by atoms with van der Waals surface area (Å²) in [7, 11) is 0.948. The molecule has 0 unspecified atom stereocenters. The van der Waals surface area contributed by atoms with Gasteiger partial charge in [-0.3, -0.25) is 4.79 Å². The van der Waals surface area contributed by atoms with Crippen LogP contribution in [-0.2, 0) is 18.8 Å². The Morgan fingerprint density at radius 2 is 1.92 bits per heavy atom. The van der Waals surface area contributed by atoms with E-state index in [0.29, 0.717) is 0 Å². The Kier molecular flexibility index (Phi) is 4.15. The Labute approximate surface area is 82.0 Å². The maximum Gasteiger partial charge on any atom is 0.321 e. The lowest BCUT2D eigenvalue weighted by molar-refractivity contribution is -0.153. The van der Waals surface area contributed by atoms with Crippen molar-refractivity contribution in [3.05, 3.63) is 0 Å². The minimum Gasteiger partial charge on any atom is -0.459 e. The van der Waals surface area contributed by atoms with Crippen LogP contribution in [0.4, 0.5) is 0 Å². The average Bonchev–Trinajstić information content (AvgIpc) is 1.78. The van der Waals surface area contributed by atoms with Crippen LogP contribution in [0.1, 0.15) is 20.8 Å². The van der Waals surface area contributed by atoms with Gasteiger partial charge in [-0.1, -0.05) is 0 Å². The SMILES string of the molecule is CC(C)(C)OC(=O)CNS(=O)(=O)Cl. The maximum absolute atomic E-state index is 10.9. The second-order valence-corrected chi connectivity index (χ2v) is 5.73. The largest absolute Gasteiger partial charge is 0.459 e. The van der Waals surface area contributed by atoms with E-state index in [-0.39, 0.29) is 0 Å². The number of halogens is 1. The molecule has 0 aliphatic rings. The molecule has 0 aromatic heterocycles. The molecule has 0 atom stereocenters. The fourth-order valence-electron chi connectivity index (χ4n) is 0.523. The molecule has 0 fully saturated rings. The minimum absolute atomic E-state index is 0.455. The topological polar surface area (TPSA) is 72.5 Å². The molecule has 0 saturated carbocycles. The van der Waals surface area contributed by atoms with Gasteiger partial charge < -0.3 is 4.74 Å². The number of carbonyl (C=O) groups is 1. The van der Waals surface area contributed by atoms with Crippen molar-refractivity contribution in [2.24, 2.45) is 0 Å². The molecule has 0 radical (unpaired) electrons. The van der Waals surface area contributed by atoms with Crippen molar-refractivity contribution in [2.75, 3.05) is 6.54 Å². The molecule has 0 spiro atoms. The third-order valence-corrected chi connectivity index (χ3v) is 1.63. The lowest BCUT2D eigenvalue weighted by atomic mass is 10.2. The number of hydrogen-bond donors (Lipinski definition) is 1. The van der Waals surface area contributed by atoms with Crippen LogP contribution in [0.3, 0.4) is 0 Å². The van der Waals surface area contributed by atoms with E-state index in [9.17, 15) is 13.2 Å². The van der Waals surface area contributed by atoms with Gasteiger partial charge >= 0.3 is 5.97 Å². The van der Waals surface area contributed by atoms with Crippen LogP contribution in [0.15, 0.2) is 0 Å². The summed E-state index contributed by atoms with van der Waals surface area (Å²) < 4.78 is 27.3. The number of carbonyl (C=O) groups excluding carboxylic acids is 1. The smallest absolute Gasteiger partial charge is 0.321 e. The standard InChI is InChI=1S/C6H12ClNO4S/c1-6(2,3)12-5(9)4-8-13(7,10)11/h8H,4H2,1-3H3. The van der Waals surface area contributed by atoms with Crippen molar-refractivity contribution in [2.45, 2.75) is 26.4 Å². The maximum atomic E-state index is 10.9. The summed E-state index contributed by atoms with van der Waals surface area (Å²) in [5.74, 6) is -0.670. The van der Waals surface area contributed by atoms with Gasteiger partial charge in [0.2, 0.25) is 0 Å². The van der Waals surface area contributed by atoms with Crippen LogP contribution in [0.25, 0.3) is 0 Å². The fraction of sp³-hybridized carbons (Fsp3) is 0.833. The van der Waals surface area contributed by atoms with Crippen molar-refractivity contribution in [3.8, 4) is 0 Å². The summed E-state index contributed by atoms with van der Waals surface area (Å²) in [6.45, 7) is 4.59. The zero-order chi connectivity index (χ0) is 10.7. The first-order chi connectivity index (χ1) is 5.60. The van der Waals surface area contributed by atoms with E-state index in [4.69, 9.17) is 15.4 Å². The highest BCUT2D eigenvalue weighted by molar-refractivity contribution is 8.12. The highest BCUT2D eigenvalue weighted by atomic mass is 35.7. The Bertz CT molecular complexity index is 279. The van der Waals surface area contributed by atoms with Crippen LogP contribution >= 0.6 is 10.7 Å². The van der Waals surface area contributed by atoms with Crippen molar-refractivity contribution in [1.29, 1.82) is 0 Å². The Hall–Kier alpha value is -0.330. The summed E-state index contributed by atoms with van der Waals surface area (Å²) in [4.78, 5) is 10.9. The molecule has 5 nitrogen and oxygen atoms in total. The first kappa shape index (κ1) is 12.7. The third kappa shape index (κ3) is 9.59. The van der Waals surface area contributed by atoms with E-state index < -0.39 is 27.4 Å². The van der Waals surface area contributed by atoms with Gasteiger partial charge in [0.15, 0.2) is 0 Å². The molecule has 0 aliphatic carbocycles. The molecule has 0 aliphatic heterocycles. The summed E-state index contributed by atoms with van der Waals surface area (Å²) in [6.07, 6.45) is 0. The van der Waals surface area contributed by atoms with Crippen molar-refractivity contribution >= 4 is 25.9 Å². The highest BCUT2D eigenvalue weighted by Crippen LogP contribution is 2.06. The van der Waals surface area contributed by atoms with Gasteiger partial charge in [-0.2, -0.15) is 13.1 Å². The summed E-state index contributed by atoms with van der Waals surface area (Å²) in [5, 5.41) is 0. The number of hydrogen-bond acceptors (Lipinski definition) is 4. The van der Waals surface area contributed by atoms with E-state index in [2.05, 4.69) is 0 Å². The molecule has 1 N–H and O–H groups in total. The van der Waals surface area contributed by atoms with Crippen molar-refractivity contribution in [3.63, 3.8) is 0 Å². The molecule has 0 bridgehead atoms. The van der Waals surface area contributed by atoms with E-state index in [0.717, 1.165) is 0 Å². The summed E-state index contributed by atoms with van der Waals surface area (Å²) in [5.41, 5.74) is -0.630. The molecule has 0 amide bonds. The van der Waals surface area contributed by atoms with Crippen LogP contribution in [-0.4, -0.2) is 26.5 Å². The zero-order valence-corrected chi connectivity index (χ0v) is 9.20. The first-order valence-corrected chi connectivity index (χ1v) is 5.82. The van der Waals surface area contributed by atoms with Crippen molar-refractivity contribution < 1.29 is 17.9 Å². The predicted molar refractivity (Wildman–Crippen MR) is 48.6 cm³/mol. The Morgan fingerprint density at radius 3 is 2.23 bits per heavy atom. The average molecular weight is 230 g/mol. The van der Waals surface area contributed by atoms with Gasteiger partial charge in [0.25, 0.3) is 9.24 Å². The molecule has 13 heavy (non-hydrogen) atoms. The number of esters is 1. The third-order valence-electron chi connectivity index (χ3n) is 0.809. The summed E-state index contributed by atoms with van der Waals surface area (Å²) in [6, 6.07) is 0. The molecular weight excluding hydrogens is 218 g/mol. The van der Waals surface area contributed by atoms with Gasteiger partial charge in [0, 0.05) is 10.7 Å².